The highest BCUT2D eigenvalue weighted by Gasteiger charge is 2.42. The lowest BCUT2D eigenvalue weighted by Gasteiger charge is -2.27. The molecule has 2 unspecified atom stereocenters. The zero-order valence-corrected chi connectivity index (χ0v) is 12.4. The normalized spacial score (nSPS) is 14.3. The predicted molar refractivity (Wildman–Crippen MR) is 70.2 cm³/mol. The SMILES string of the molecule is CCOC(=O)C(C#N)C(C)(C)C(=O)CC(C)OCC. The fraction of sp³-hybridized carbons (Fsp3) is 0.786. The lowest BCUT2D eigenvalue weighted by atomic mass is 9.74. The summed E-state index contributed by atoms with van der Waals surface area (Å²) >= 11 is 0. The molecule has 0 fully saturated rings. The number of hydrogen-bond donors (Lipinski definition) is 0. The van der Waals surface area contributed by atoms with Gasteiger partial charge in [-0.05, 0) is 20.8 Å². The molecule has 0 saturated carbocycles. The average molecular weight is 269 g/mol. The van der Waals surface area contributed by atoms with E-state index in [1.807, 2.05) is 13.0 Å². The number of Topliss-reactive ketones (excluding diaryl/α,β-unsaturated/α-hetero) is 1. The van der Waals surface area contributed by atoms with Crippen molar-refractivity contribution < 1.29 is 19.1 Å². The average Bonchev–Trinajstić information content (AvgIpc) is 2.29. The van der Waals surface area contributed by atoms with Crippen molar-refractivity contribution in [3.8, 4) is 6.07 Å². The Morgan fingerprint density at radius 3 is 2.26 bits per heavy atom. The molecule has 5 heteroatoms. The van der Waals surface area contributed by atoms with E-state index in [4.69, 9.17) is 14.7 Å². The second-order valence-electron chi connectivity index (χ2n) is 4.93. The summed E-state index contributed by atoms with van der Waals surface area (Å²) in [6.07, 6.45) is -0.0448. The van der Waals surface area contributed by atoms with Gasteiger partial charge in [0.15, 0.2) is 5.92 Å². The summed E-state index contributed by atoms with van der Waals surface area (Å²) in [6.45, 7) is 9.22. The van der Waals surface area contributed by atoms with Crippen LogP contribution >= 0.6 is 0 Å². The molecule has 0 radical (unpaired) electrons. The molecule has 108 valence electrons. The van der Waals surface area contributed by atoms with Gasteiger partial charge in [0.2, 0.25) is 0 Å². The van der Waals surface area contributed by atoms with Crippen LogP contribution in [0, 0.1) is 22.7 Å². The molecule has 0 aliphatic carbocycles. The highest BCUT2D eigenvalue weighted by Crippen LogP contribution is 2.30. The number of carbonyl (C=O) groups is 2. The number of rotatable bonds is 8. The van der Waals surface area contributed by atoms with Gasteiger partial charge in [-0.15, -0.1) is 0 Å². The molecule has 0 heterocycles. The van der Waals surface area contributed by atoms with Crippen molar-refractivity contribution >= 4 is 11.8 Å². The first kappa shape index (κ1) is 17.6. The summed E-state index contributed by atoms with van der Waals surface area (Å²) in [5.41, 5.74) is -1.08. The van der Waals surface area contributed by atoms with E-state index in [1.54, 1.807) is 27.7 Å². The van der Waals surface area contributed by atoms with Gasteiger partial charge < -0.3 is 9.47 Å². The molecule has 0 amide bonds. The smallest absolute Gasteiger partial charge is 0.324 e. The first-order valence-electron chi connectivity index (χ1n) is 6.52. The molecule has 0 aromatic carbocycles. The Hall–Kier alpha value is -1.41. The third-order valence-electron chi connectivity index (χ3n) is 3.02. The Labute approximate surface area is 114 Å². The Morgan fingerprint density at radius 1 is 1.26 bits per heavy atom. The minimum atomic E-state index is -1.09. The van der Waals surface area contributed by atoms with Gasteiger partial charge in [0.1, 0.15) is 5.78 Å². The molecule has 0 aliphatic rings. The molecular formula is C14H23NO4. The van der Waals surface area contributed by atoms with Crippen molar-refractivity contribution in [2.45, 2.75) is 47.1 Å². The van der Waals surface area contributed by atoms with Gasteiger partial charge in [-0.1, -0.05) is 13.8 Å². The highest BCUT2D eigenvalue weighted by molar-refractivity contribution is 5.91. The topological polar surface area (TPSA) is 76.4 Å². The van der Waals surface area contributed by atoms with Crippen LogP contribution in [-0.2, 0) is 19.1 Å². The maximum Gasteiger partial charge on any atom is 0.324 e. The molecule has 0 aliphatic heterocycles. The van der Waals surface area contributed by atoms with Crippen molar-refractivity contribution in [2.75, 3.05) is 13.2 Å². The van der Waals surface area contributed by atoms with Crippen LogP contribution in [0.3, 0.4) is 0 Å². The molecule has 0 rings (SSSR count). The summed E-state index contributed by atoms with van der Waals surface area (Å²) in [5.74, 6) is -1.91. The van der Waals surface area contributed by atoms with Gasteiger partial charge in [-0.3, -0.25) is 9.59 Å². The molecule has 2 atom stereocenters. The zero-order chi connectivity index (χ0) is 15.1. The van der Waals surface area contributed by atoms with Crippen molar-refractivity contribution in [3.63, 3.8) is 0 Å². The van der Waals surface area contributed by atoms with E-state index in [0.29, 0.717) is 6.61 Å². The van der Waals surface area contributed by atoms with Crippen molar-refractivity contribution in [2.24, 2.45) is 11.3 Å². The van der Waals surface area contributed by atoms with E-state index in [9.17, 15) is 9.59 Å². The van der Waals surface area contributed by atoms with Gasteiger partial charge >= 0.3 is 5.97 Å². The first-order valence-corrected chi connectivity index (χ1v) is 6.52. The Kier molecular flexibility index (Phi) is 7.32. The largest absolute Gasteiger partial charge is 0.465 e. The van der Waals surface area contributed by atoms with Crippen LogP contribution < -0.4 is 0 Å². The molecule has 0 saturated heterocycles. The van der Waals surface area contributed by atoms with E-state index in [-0.39, 0.29) is 24.9 Å². The van der Waals surface area contributed by atoms with E-state index in [1.165, 1.54) is 0 Å². The number of nitriles is 1. The fourth-order valence-corrected chi connectivity index (χ4v) is 1.76. The molecule has 0 bridgehead atoms. The summed E-state index contributed by atoms with van der Waals surface area (Å²) in [7, 11) is 0. The number of hydrogen-bond acceptors (Lipinski definition) is 5. The van der Waals surface area contributed by atoms with E-state index < -0.39 is 17.3 Å². The highest BCUT2D eigenvalue weighted by atomic mass is 16.5. The molecule has 0 aromatic rings. The minimum Gasteiger partial charge on any atom is -0.465 e. The summed E-state index contributed by atoms with van der Waals surface area (Å²) in [5, 5.41) is 9.11. The van der Waals surface area contributed by atoms with Crippen LogP contribution in [0.4, 0.5) is 0 Å². The fourth-order valence-electron chi connectivity index (χ4n) is 1.76. The van der Waals surface area contributed by atoms with Crippen molar-refractivity contribution in [1.29, 1.82) is 5.26 Å². The maximum absolute atomic E-state index is 12.2. The predicted octanol–water partition coefficient (Wildman–Crippen LogP) is 2.10. The van der Waals surface area contributed by atoms with E-state index in [0.717, 1.165) is 0 Å². The van der Waals surface area contributed by atoms with Gasteiger partial charge in [-0.25, -0.2) is 0 Å². The molecular weight excluding hydrogens is 246 g/mol. The van der Waals surface area contributed by atoms with Crippen LogP contribution in [-0.4, -0.2) is 31.1 Å². The van der Waals surface area contributed by atoms with Crippen LogP contribution in [0.5, 0.6) is 0 Å². The lowest BCUT2D eigenvalue weighted by molar-refractivity contribution is -0.153. The molecule has 0 aromatic heterocycles. The first-order chi connectivity index (χ1) is 8.81. The Balaban J connectivity index is 4.86. The number of carbonyl (C=O) groups excluding carboxylic acids is 2. The number of esters is 1. The Morgan fingerprint density at radius 2 is 1.84 bits per heavy atom. The third-order valence-corrected chi connectivity index (χ3v) is 3.02. The Bertz CT molecular complexity index is 357. The van der Waals surface area contributed by atoms with Crippen molar-refractivity contribution in [3.05, 3.63) is 0 Å². The third kappa shape index (κ3) is 4.99. The molecule has 19 heavy (non-hydrogen) atoms. The molecule has 0 spiro atoms. The number of ether oxygens (including phenoxy) is 2. The van der Waals surface area contributed by atoms with Gasteiger partial charge in [-0.2, -0.15) is 5.26 Å². The molecule has 5 nitrogen and oxygen atoms in total. The van der Waals surface area contributed by atoms with Crippen LogP contribution in [0.15, 0.2) is 0 Å². The van der Waals surface area contributed by atoms with Gasteiger partial charge in [0.25, 0.3) is 0 Å². The second kappa shape index (κ2) is 7.90. The van der Waals surface area contributed by atoms with Gasteiger partial charge in [0, 0.05) is 18.4 Å². The molecule has 0 N–H and O–H groups in total. The lowest BCUT2D eigenvalue weighted by Crippen LogP contribution is -2.39. The second-order valence-corrected chi connectivity index (χ2v) is 4.93. The summed E-state index contributed by atoms with van der Waals surface area (Å²) in [4.78, 5) is 23.9. The standard InChI is InChI=1S/C14H23NO4/c1-6-18-10(3)8-12(16)14(4,5)11(9-15)13(17)19-7-2/h10-11H,6-8H2,1-5H3. The number of ketones is 1. The van der Waals surface area contributed by atoms with Crippen LogP contribution in [0.2, 0.25) is 0 Å². The quantitative estimate of drug-likeness (QED) is 0.631. The van der Waals surface area contributed by atoms with Gasteiger partial charge in [0.05, 0.1) is 18.8 Å². The van der Waals surface area contributed by atoms with Crippen molar-refractivity contribution in [1.82, 2.24) is 0 Å². The summed E-state index contributed by atoms with van der Waals surface area (Å²) in [6, 6.07) is 1.88. The maximum atomic E-state index is 12.2. The monoisotopic (exact) mass is 269 g/mol. The van der Waals surface area contributed by atoms with E-state index in [2.05, 4.69) is 0 Å². The minimum absolute atomic E-state index is 0.173. The van der Waals surface area contributed by atoms with Crippen LogP contribution in [0.1, 0.15) is 41.0 Å². The van der Waals surface area contributed by atoms with E-state index >= 15 is 0 Å². The van der Waals surface area contributed by atoms with Crippen LogP contribution in [0.25, 0.3) is 0 Å². The number of nitrogens with zero attached hydrogens (tertiary/aromatic N) is 1. The summed E-state index contributed by atoms with van der Waals surface area (Å²) < 4.78 is 10.1. The zero-order valence-electron chi connectivity index (χ0n) is 12.4.